The summed E-state index contributed by atoms with van der Waals surface area (Å²) in [6, 6.07) is 17.6. The molecule has 2 aromatic carbocycles. The molecule has 0 heterocycles. The molecule has 0 saturated carbocycles. The maximum Gasteiger partial charge on any atom is 0.0991 e. The predicted molar refractivity (Wildman–Crippen MR) is 83.9 cm³/mol. The van der Waals surface area contributed by atoms with E-state index in [4.69, 9.17) is 5.26 Å². The maximum atomic E-state index is 10.1. The molecule has 0 fully saturated rings. The van der Waals surface area contributed by atoms with Gasteiger partial charge in [-0.2, -0.15) is 5.26 Å². The molecule has 0 saturated heterocycles. The highest BCUT2D eigenvalue weighted by Gasteiger charge is 2.06. The summed E-state index contributed by atoms with van der Waals surface area (Å²) in [6.07, 6.45) is 0.400. The second-order valence-electron chi connectivity index (χ2n) is 5.19. The quantitative estimate of drug-likeness (QED) is 0.800. The van der Waals surface area contributed by atoms with Gasteiger partial charge in [-0.05, 0) is 43.1 Å². The Kier molecular flexibility index (Phi) is 5.51. The number of aryl methyl sites for hydroxylation is 1. The normalized spacial score (nSPS) is 11.9. The average Bonchev–Trinajstić information content (AvgIpc) is 2.51. The van der Waals surface area contributed by atoms with Crippen molar-refractivity contribution in [2.24, 2.45) is 0 Å². The second-order valence-corrected chi connectivity index (χ2v) is 5.19. The van der Waals surface area contributed by atoms with E-state index in [-0.39, 0.29) is 0 Å². The fourth-order valence-electron chi connectivity index (χ4n) is 2.24. The Hall–Kier alpha value is -2.15. The van der Waals surface area contributed by atoms with Crippen LogP contribution in [-0.2, 0) is 6.42 Å². The first-order valence-corrected chi connectivity index (χ1v) is 7.13. The van der Waals surface area contributed by atoms with E-state index in [9.17, 15) is 5.11 Å². The van der Waals surface area contributed by atoms with Crippen molar-refractivity contribution in [3.8, 4) is 6.07 Å². The van der Waals surface area contributed by atoms with E-state index >= 15 is 0 Å². The second kappa shape index (κ2) is 7.58. The van der Waals surface area contributed by atoms with Crippen LogP contribution in [0.25, 0.3) is 0 Å². The summed E-state index contributed by atoms with van der Waals surface area (Å²) < 4.78 is 0. The summed E-state index contributed by atoms with van der Waals surface area (Å²) in [6.45, 7) is 3.43. The summed E-state index contributed by atoms with van der Waals surface area (Å²) in [4.78, 5) is 0. The molecular weight excluding hydrogens is 260 g/mol. The minimum absolute atomic E-state index is 0.512. The maximum absolute atomic E-state index is 10.1. The molecule has 2 N–H and O–H groups in total. The zero-order chi connectivity index (χ0) is 15.1. The van der Waals surface area contributed by atoms with Gasteiger partial charge in [0.2, 0.25) is 0 Å². The number of aliphatic hydroxyl groups excluding tert-OH is 1. The van der Waals surface area contributed by atoms with E-state index in [0.29, 0.717) is 12.1 Å². The number of nitrogens with one attached hydrogen (secondary N) is 1. The van der Waals surface area contributed by atoms with Crippen molar-refractivity contribution in [2.75, 3.05) is 13.1 Å². The van der Waals surface area contributed by atoms with E-state index in [1.165, 1.54) is 11.1 Å². The fraction of sp³-hybridized carbons (Fsp3) is 0.278. The van der Waals surface area contributed by atoms with E-state index in [1.54, 1.807) is 24.3 Å². The van der Waals surface area contributed by atoms with E-state index in [1.807, 2.05) is 0 Å². The first-order valence-electron chi connectivity index (χ1n) is 7.13. The van der Waals surface area contributed by atoms with Gasteiger partial charge in [-0.1, -0.05) is 42.0 Å². The Morgan fingerprint density at radius 2 is 1.95 bits per heavy atom. The summed E-state index contributed by atoms with van der Waals surface area (Å²) in [5, 5.41) is 22.1. The van der Waals surface area contributed by atoms with Gasteiger partial charge in [0.05, 0.1) is 17.7 Å². The van der Waals surface area contributed by atoms with Gasteiger partial charge in [0.1, 0.15) is 0 Å². The lowest BCUT2D eigenvalue weighted by atomic mass is 10.1. The Morgan fingerprint density at radius 3 is 2.62 bits per heavy atom. The van der Waals surface area contributed by atoms with Gasteiger partial charge in [0, 0.05) is 6.54 Å². The molecule has 2 rings (SSSR count). The number of nitriles is 1. The highest BCUT2D eigenvalue weighted by Crippen LogP contribution is 2.12. The molecule has 1 atom stereocenters. The Balaban J connectivity index is 1.76. The van der Waals surface area contributed by atoms with Crippen molar-refractivity contribution < 1.29 is 5.11 Å². The van der Waals surface area contributed by atoms with Gasteiger partial charge in [0.25, 0.3) is 0 Å². The first kappa shape index (κ1) is 15.2. The van der Waals surface area contributed by atoms with Gasteiger partial charge < -0.3 is 10.4 Å². The highest BCUT2D eigenvalue weighted by atomic mass is 16.3. The van der Waals surface area contributed by atoms with Gasteiger partial charge in [0.15, 0.2) is 0 Å². The molecule has 3 nitrogen and oxygen atoms in total. The first-order chi connectivity index (χ1) is 10.2. The monoisotopic (exact) mass is 280 g/mol. The van der Waals surface area contributed by atoms with Gasteiger partial charge >= 0.3 is 0 Å². The molecule has 1 unspecified atom stereocenters. The molecule has 0 spiro atoms. The molecule has 0 aliphatic rings. The third-order valence-corrected chi connectivity index (χ3v) is 3.44. The smallest absolute Gasteiger partial charge is 0.0991 e. The zero-order valence-electron chi connectivity index (χ0n) is 12.2. The van der Waals surface area contributed by atoms with Gasteiger partial charge in [-0.3, -0.25) is 0 Å². The molecule has 0 aromatic heterocycles. The van der Waals surface area contributed by atoms with Crippen LogP contribution in [0, 0.1) is 18.3 Å². The summed E-state index contributed by atoms with van der Waals surface area (Å²) in [7, 11) is 0. The lowest BCUT2D eigenvalue weighted by Gasteiger charge is -2.12. The molecular formula is C18H20N2O. The summed E-state index contributed by atoms with van der Waals surface area (Å²) >= 11 is 0. The molecule has 0 radical (unpaired) electrons. The van der Waals surface area contributed by atoms with Crippen molar-refractivity contribution >= 4 is 0 Å². The third kappa shape index (κ3) is 4.71. The van der Waals surface area contributed by atoms with E-state index < -0.39 is 6.10 Å². The van der Waals surface area contributed by atoms with Crippen LogP contribution in [-0.4, -0.2) is 18.2 Å². The molecule has 108 valence electrons. The number of rotatable bonds is 6. The lowest BCUT2D eigenvalue weighted by Crippen LogP contribution is -2.23. The molecule has 3 heteroatoms. The SMILES string of the molecule is Cc1cccc(CCNCC(O)c2ccc(C#N)cc2)c1. The van der Waals surface area contributed by atoms with Crippen molar-refractivity contribution in [2.45, 2.75) is 19.4 Å². The van der Waals surface area contributed by atoms with Crippen LogP contribution in [0.15, 0.2) is 48.5 Å². The largest absolute Gasteiger partial charge is 0.387 e. The fourth-order valence-corrected chi connectivity index (χ4v) is 2.24. The minimum atomic E-state index is -0.546. The molecule has 0 bridgehead atoms. The zero-order valence-corrected chi connectivity index (χ0v) is 12.2. The number of hydrogen-bond acceptors (Lipinski definition) is 3. The topological polar surface area (TPSA) is 56.0 Å². The Labute approximate surface area is 125 Å². The third-order valence-electron chi connectivity index (χ3n) is 3.44. The molecule has 0 aliphatic heterocycles. The lowest BCUT2D eigenvalue weighted by molar-refractivity contribution is 0.175. The number of hydrogen-bond donors (Lipinski definition) is 2. The molecule has 0 amide bonds. The van der Waals surface area contributed by atoms with Gasteiger partial charge in [-0.25, -0.2) is 0 Å². The standard InChI is InChI=1S/C18H20N2O/c1-14-3-2-4-15(11-14)9-10-20-13-18(21)17-7-5-16(12-19)6-8-17/h2-8,11,18,20-21H,9-10,13H2,1H3. The predicted octanol–water partition coefficient (Wildman–Crippen LogP) is 2.73. The van der Waals surface area contributed by atoms with Gasteiger partial charge in [-0.15, -0.1) is 0 Å². The van der Waals surface area contributed by atoms with E-state index in [2.05, 4.69) is 42.6 Å². The van der Waals surface area contributed by atoms with Crippen molar-refractivity contribution in [1.82, 2.24) is 5.32 Å². The van der Waals surface area contributed by atoms with Crippen molar-refractivity contribution in [3.63, 3.8) is 0 Å². The highest BCUT2D eigenvalue weighted by molar-refractivity contribution is 5.32. The molecule has 0 aliphatic carbocycles. The average molecular weight is 280 g/mol. The van der Waals surface area contributed by atoms with Crippen LogP contribution in [0.5, 0.6) is 0 Å². The summed E-state index contributed by atoms with van der Waals surface area (Å²) in [5.74, 6) is 0. The van der Waals surface area contributed by atoms with Crippen molar-refractivity contribution in [1.29, 1.82) is 5.26 Å². The molecule has 2 aromatic rings. The van der Waals surface area contributed by atoms with Crippen molar-refractivity contribution in [3.05, 3.63) is 70.8 Å². The number of aliphatic hydroxyl groups is 1. The summed E-state index contributed by atoms with van der Waals surface area (Å²) in [5.41, 5.74) is 4.01. The number of nitrogens with zero attached hydrogens (tertiary/aromatic N) is 1. The van der Waals surface area contributed by atoms with Crippen LogP contribution in [0.4, 0.5) is 0 Å². The molecule has 21 heavy (non-hydrogen) atoms. The van der Waals surface area contributed by atoms with Crippen LogP contribution in [0.1, 0.15) is 28.4 Å². The van der Waals surface area contributed by atoms with E-state index in [0.717, 1.165) is 18.5 Å². The number of benzene rings is 2. The van der Waals surface area contributed by atoms with Crippen LogP contribution >= 0.6 is 0 Å². The Morgan fingerprint density at radius 1 is 1.19 bits per heavy atom. The van der Waals surface area contributed by atoms with Crippen LogP contribution in [0.2, 0.25) is 0 Å². The minimum Gasteiger partial charge on any atom is -0.387 e. The Bertz CT molecular complexity index is 614. The van der Waals surface area contributed by atoms with Crippen LogP contribution < -0.4 is 5.32 Å². The van der Waals surface area contributed by atoms with Crippen LogP contribution in [0.3, 0.4) is 0 Å².